The number of rotatable bonds is 3. The minimum absolute atomic E-state index is 0.487. The second-order valence-electron chi connectivity index (χ2n) is 3.84. The summed E-state index contributed by atoms with van der Waals surface area (Å²) >= 11 is 0. The lowest BCUT2D eigenvalue weighted by atomic mass is 10.3. The van der Waals surface area contributed by atoms with Gasteiger partial charge in [-0.05, 0) is 36.4 Å². The van der Waals surface area contributed by atoms with Gasteiger partial charge in [0.05, 0.1) is 7.11 Å². The largest absolute Gasteiger partial charge is 0.497 e. The first-order valence-corrected chi connectivity index (χ1v) is 5.62. The maximum absolute atomic E-state index is 5.58. The Balaban J connectivity index is 1.86. The van der Waals surface area contributed by atoms with Crippen LogP contribution < -0.4 is 10.1 Å². The summed E-state index contributed by atoms with van der Waals surface area (Å²) < 4.78 is 10.7. The van der Waals surface area contributed by atoms with Crippen LogP contribution in [0.2, 0.25) is 0 Å². The van der Waals surface area contributed by atoms with E-state index in [0.717, 1.165) is 22.5 Å². The van der Waals surface area contributed by atoms with Gasteiger partial charge in [-0.1, -0.05) is 12.1 Å². The van der Waals surface area contributed by atoms with E-state index in [4.69, 9.17) is 9.15 Å². The fourth-order valence-electron chi connectivity index (χ4n) is 1.72. The summed E-state index contributed by atoms with van der Waals surface area (Å²) in [6, 6.07) is 15.7. The summed E-state index contributed by atoms with van der Waals surface area (Å²) in [7, 11) is 1.64. The number of oxazole rings is 1. The topological polar surface area (TPSA) is 47.3 Å². The molecule has 0 aliphatic carbocycles. The van der Waals surface area contributed by atoms with Crippen molar-refractivity contribution in [2.45, 2.75) is 0 Å². The predicted octanol–water partition coefficient (Wildman–Crippen LogP) is 3.58. The van der Waals surface area contributed by atoms with E-state index in [-0.39, 0.29) is 0 Å². The molecule has 0 amide bonds. The molecule has 0 spiro atoms. The van der Waals surface area contributed by atoms with Crippen molar-refractivity contribution in [3.8, 4) is 5.75 Å². The first-order chi connectivity index (χ1) is 8.85. The Bertz CT molecular complexity index is 626. The number of anilines is 2. The second kappa shape index (κ2) is 4.41. The number of benzene rings is 2. The summed E-state index contributed by atoms with van der Waals surface area (Å²) in [5.41, 5.74) is 2.52. The van der Waals surface area contributed by atoms with Gasteiger partial charge in [-0.15, -0.1) is 0 Å². The molecule has 1 heterocycles. The van der Waals surface area contributed by atoms with Gasteiger partial charge in [-0.3, -0.25) is 0 Å². The van der Waals surface area contributed by atoms with Crippen molar-refractivity contribution in [3.63, 3.8) is 0 Å². The van der Waals surface area contributed by atoms with Crippen molar-refractivity contribution in [1.29, 1.82) is 0 Å². The molecule has 0 radical (unpaired) electrons. The van der Waals surface area contributed by atoms with Crippen LogP contribution in [0.4, 0.5) is 11.7 Å². The molecular formula is C14H12N2O2. The number of hydrogen-bond donors (Lipinski definition) is 1. The zero-order chi connectivity index (χ0) is 12.4. The average molecular weight is 240 g/mol. The molecule has 3 rings (SSSR count). The lowest BCUT2D eigenvalue weighted by Crippen LogP contribution is -1.90. The van der Waals surface area contributed by atoms with Crippen LogP contribution in [0, 0.1) is 0 Å². The molecule has 0 unspecified atom stereocenters. The van der Waals surface area contributed by atoms with E-state index in [1.54, 1.807) is 7.11 Å². The van der Waals surface area contributed by atoms with Crippen LogP contribution in [0.15, 0.2) is 52.9 Å². The van der Waals surface area contributed by atoms with Gasteiger partial charge in [-0.2, -0.15) is 4.98 Å². The molecule has 1 N–H and O–H groups in total. The van der Waals surface area contributed by atoms with Crippen LogP contribution in [0.25, 0.3) is 11.1 Å². The molecule has 0 fully saturated rings. The molecule has 0 bridgehead atoms. The molecule has 2 aromatic carbocycles. The quantitative estimate of drug-likeness (QED) is 0.760. The first kappa shape index (κ1) is 10.7. The zero-order valence-corrected chi connectivity index (χ0v) is 9.88. The monoisotopic (exact) mass is 240 g/mol. The normalized spacial score (nSPS) is 10.5. The standard InChI is InChI=1S/C14H12N2O2/c1-17-11-8-6-10(7-9-11)15-14-16-12-4-2-3-5-13(12)18-14/h2-9H,1H3,(H,15,16). The number of aromatic nitrogens is 1. The van der Waals surface area contributed by atoms with Gasteiger partial charge in [0.1, 0.15) is 11.3 Å². The first-order valence-electron chi connectivity index (χ1n) is 5.62. The van der Waals surface area contributed by atoms with E-state index in [2.05, 4.69) is 10.3 Å². The summed E-state index contributed by atoms with van der Waals surface area (Å²) in [6.45, 7) is 0. The van der Waals surface area contributed by atoms with Crippen LogP contribution in [0.3, 0.4) is 0 Å². The predicted molar refractivity (Wildman–Crippen MR) is 70.3 cm³/mol. The van der Waals surface area contributed by atoms with Crippen LogP contribution in [0.5, 0.6) is 5.75 Å². The van der Waals surface area contributed by atoms with Gasteiger partial charge < -0.3 is 14.5 Å². The Labute approximate surface area is 104 Å². The minimum atomic E-state index is 0.487. The average Bonchev–Trinajstić information content (AvgIpc) is 2.82. The second-order valence-corrected chi connectivity index (χ2v) is 3.84. The van der Waals surface area contributed by atoms with E-state index >= 15 is 0 Å². The highest BCUT2D eigenvalue weighted by Crippen LogP contribution is 2.23. The van der Waals surface area contributed by atoms with Crippen molar-refractivity contribution >= 4 is 22.8 Å². The number of ether oxygens (including phenoxy) is 1. The lowest BCUT2D eigenvalue weighted by Gasteiger charge is -2.02. The molecule has 0 saturated heterocycles. The third-order valence-electron chi connectivity index (χ3n) is 2.64. The van der Waals surface area contributed by atoms with Gasteiger partial charge >= 0.3 is 0 Å². The van der Waals surface area contributed by atoms with Crippen molar-refractivity contribution in [2.24, 2.45) is 0 Å². The molecule has 3 aromatic rings. The zero-order valence-electron chi connectivity index (χ0n) is 9.88. The van der Waals surface area contributed by atoms with E-state index in [1.165, 1.54) is 0 Å². The number of hydrogen-bond acceptors (Lipinski definition) is 4. The number of nitrogens with zero attached hydrogens (tertiary/aromatic N) is 1. The van der Waals surface area contributed by atoms with Crippen molar-refractivity contribution < 1.29 is 9.15 Å². The smallest absolute Gasteiger partial charge is 0.300 e. The van der Waals surface area contributed by atoms with Gasteiger partial charge in [-0.25, -0.2) is 0 Å². The Hall–Kier alpha value is -2.49. The number of para-hydroxylation sites is 2. The van der Waals surface area contributed by atoms with E-state index in [1.807, 2.05) is 48.5 Å². The lowest BCUT2D eigenvalue weighted by molar-refractivity contribution is 0.415. The molecule has 0 atom stereocenters. The Kier molecular flexibility index (Phi) is 2.61. The van der Waals surface area contributed by atoms with Crippen LogP contribution in [-0.2, 0) is 0 Å². The summed E-state index contributed by atoms with van der Waals surface area (Å²) in [4.78, 5) is 4.34. The molecular weight excluding hydrogens is 228 g/mol. The van der Waals surface area contributed by atoms with Gasteiger partial charge in [0, 0.05) is 5.69 Å². The minimum Gasteiger partial charge on any atom is -0.497 e. The molecule has 0 aliphatic rings. The van der Waals surface area contributed by atoms with E-state index in [9.17, 15) is 0 Å². The number of methoxy groups -OCH3 is 1. The summed E-state index contributed by atoms with van der Waals surface area (Å²) in [5.74, 6) is 0.818. The molecule has 0 aliphatic heterocycles. The highest BCUT2D eigenvalue weighted by Gasteiger charge is 2.04. The molecule has 4 heteroatoms. The maximum Gasteiger partial charge on any atom is 0.300 e. The third-order valence-corrected chi connectivity index (χ3v) is 2.64. The van der Waals surface area contributed by atoms with Gasteiger partial charge in [0.15, 0.2) is 5.58 Å². The van der Waals surface area contributed by atoms with Crippen LogP contribution >= 0.6 is 0 Å². The molecule has 1 aromatic heterocycles. The van der Waals surface area contributed by atoms with Crippen molar-refractivity contribution in [1.82, 2.24) is 4.98 Å². The van der Waals surface area contributed by atoms with Crippen LogP contribution in [0.1, 0.15) is 0 Å². The molecule has 0 saturated carbocycles. The van der Waals surface area contributed by atoms with Gasteiger partial charge in [0.2, 0.25) is 0 Å². The Morgan fingerprint density at radius 3 is 2.56 bits per heavy atom. The fourth-order valence-corrected chi connectivity index (χ4v) is 1.72. The third kappa shape index (κ3) is 2.00. The van der Waals surface area contributed by atoms with E-state index < -0.39 is 0 Å². The highest BCUT2D eigenvalue weighted by atomic mass is 16.5. The Morgan fingerprint density at radius 2 is 1.83 bits per heavy atom. The SMILES string of the molecule is COc1ccc(Nc2nc3ccccc3o2)cc1. The number of fused-ring (bicyclic) bond motifs is 1. The molecule has 4 nitrogen and oxygen atoms in total. The van der Waals surface area contributed by atoms with Crippen molar-refractivity contribution in [2.75, 3.05) is 12.4 Å². The number of nitrogens with one attached hydrogen (secondary N) is 1. The van der Waals surface area contributed by atoms with Gasteiger partial charge in [0.25, 0.3) is 6.01 Å². The van der Waals surface area contributed by atoms with Crippen LogP contribution in [-0.4, -0.2) is 12.1 Å². The Morgan fingerprint density at radius 1 is 1.06 bits per heavy atom. The highest BCUT2D eigenvalue weighted by molar-refractivity contribution is 5.75. The summed E-state index contributed by atoms with van der Waals surface area (Å²) in [5, 5.41) is 3.11. The van der Waals surface area contributed by atoms with E-state index in [0.29, 0.717) is 6.01 Å². The van der Waals surface area contributed by atoms with Crippen molar-refractivity contribution in [3.05, 3.63) is 48.5 Å². The summed E-state index contributed by atoms with van der Waals surface area (Å²) in [6.07, 6.45) is 0. The molecule has 90 valence electrons. The fraction of sp³-hybridized carbons (Fsp3) is 0.0714. The molecule has 18 heavy (non-hydrogen) atoms. The maximum atomic E-state index is 5.58.